The predicted molar refractivity (Wildman–Crippen MR) is 139 cm³/mol. The van der Waals surface area contributed by atoms with Gasteiger partial charge in [-0.3, -0.25) is 10.4 Å². The maximum Gasteiger partial charge on any atom is 0.164 e. The average Bonchev–Trinajstić information content (AvgIpc) is 3.22. The van der Waals surface area contributed by atoms with Crippen LogP contribution in [-0.4, -0.2) is 52.8 Å². The number of pyridine rings is 1. The largest absolute Gasteiger partial charge is 0.405 e. The number of nitrogens with one attached hydrogen (secondary N) is 1. The van der Waals surface area contributed by atoms with Crippen LogP contribution < -0.4 is 16.1 Å². The van der Waals surface area contributed by atoms with Crippen LogP contribution >= 0.6 is 0 Å². The number of allylic oxidation sites excluding steroid dienone is 1. The van der Waals surface area contributed by atoms with Crippen LogP contribution in [0.4, 0.5) is 11.5 Å². The molecule has 0 unspecified atom stereocenters. The second-order valence-electron chi connectivity index (χ2n) is 8.12. The third-order valence-corrected chi connectivity index (χ3v) is 5.74. The molecular formula is C25H32N8O. The molecule has 0 spiro atoms. The molecule has 0 saturated carbocycles. The van der Waals surface area contributed by atoms with Crippen LogP contribution in [0, 0.1) is 6.92 Å². The zero-order chi connectivity index (χ0) is 23.9. The van der Waals surface area contributed by atoms with Gasteiger partial charge in [0.1, 0.15) is 11.3 Å². The topological polar surface area (TPSA) is 106 Å². The van der Waals surface area contributed by atoms with Crippen molar-refractivity contribution < 1.29 is 4.74 Å². The maximum absolute atomic E-state index is 5.57. The zero-order valence-electron chi connectivity index (χ0n) is 20.0. The normalized spacial score (nSPS) is 15.1. The quantitative estimate of drug-likeness (QED) is 0.394. The van der Waals surface area contributed by atoms with E-state index in [0.29, 0.717) is 25.6 Å². The van der Waals surface area contributed by atoms with Gasteiger partial charge < -0.3 is 19.9 Å². The van der Waals surface area contributed by atoms with Crippen molar-refractivity contribution in [3.8, 4) is 0 Å². The lowest BCUT2D eigenvalue weighted by atomic mass is 10.1. The third kappa shape index (κ3) is 5.26. The number of aromatic nitrogens is 3. The van der Waals surface area contributed by atoms with Gasteiger partial charge in [0, 0.05) is 31.9 Å². The maximum atomic E-state index is 5.57. The number of anilines is 2. The first-order chi connectivity index (χ1) is 16.6. The summed E-state index contributed by atoms with van der Waals surface area (Å²) in [6.45, 7) is 10.3. The SMILES string of the molecule is CCn1c(CN=C/C=C\N)nc2c(N3CCOCC3)cc(N/N=C(\C)c3cccc(C)c3)nc21. The van der Waals surface area contributed by atoms with Gasteiger partial charge in [0.2, 0.25) is 0 Å². The van der Waals surface area contributed by atoms with Crippen LogP contribution in [0.1, 0.15) is 30.8 Å². The molecule has 0 amide bonds. The smallest absolute Gasteiger partial charge is 0.164 e. The van der Waals surface area contributed by atoms with Crippen molar-refractivity contribution in [3.63, 3.8) is 0 Å². The number of fused-ring (bicyclic) bond motifs is 1. The van der Waals surface area contributed by atoms with Gasteiger partial charge in [-0.15, -0.1) is 0 Å². The van der Waals surface area contributed by atoms with Gasteiger partial charge in [0.05, 0.1) is 31.2 Å². The fourth-order valence-corrected chi connectivity index (χ4v) is 4.00. The number of hydrogen-bond acceptors (Lipinski definition) is 8. The number of nitrogens with two attached hydrogens (primary N) is 1. The van der Waals surface area contributed by atoms with Gasteiger partial charge in [-0.25, -0.2) is 9.97 Å². The molecule has 1 aliphatic heterocycles. The Morgan fingerprint density at radius 2 is 2.06 bits per heavy atom. The molecule has 2 aromatic heterocycles. The minimum atomic E-state index is 0.449. The first-order valence-electron chi connectivity index (χ1n) is 11.6. The summed E-state index contributed by atoms with van der Waals surface area (Å²) in [5.74, 6) is 1.54. The Bertz CT molecular complexity index is 1220. The van der Waals surface area contributed by atoms with Gasteiger partial charge in [0.25, 0.3) is 0 Å². The Kier molecular flexibility index (Phi) is 7.54. The van der Waals surface area contributed by atoms with Crippen molar-refractivity contribution in [2.24, 2.45) is 15.8 Å². The van der Waals surface area contributed by atoms with Crippen molar-refractivity contribution in [2.45, 2.75) is 33.9 Å². The summed E-state index contributed by atoms with van der Waals surface area (Å²) in [4.78, 5) is 16.5. The molecule has 0 bridgehead atoms. The molecule has 4 rings (SSSR count). The molecule has 178 valence electrons. The Labute approximate surface area is 200 Å². The van der Waals surface area contributed by atoms with Gasteiger partial charge in [-0.1, -0.05) is 29.8 Å². The number of morpholine rings is 1. The molecule has 3 N–H and O–H groups in total. The molecule has 0 radical (unpaired) electrons. The number of aliphatic imine (C=N–C) groups is 1. The molecular weight excluding hydrogens is 428 g/mol. The lowest BCUT2D eigenvalue weighted by molar-refractivity contribution is 0.123. The van der Waals surface area contributed by atoms with Gasteiger partial charge in [-0.2, -0.15) is 5.10 Å². The number of rotatable bonds is 8. The van der Waals surface area contributed by atoms with E-state index in [1.807, 2.05) is 19.1 Å². The molecule has 3 aromatic rings. The molecule has 0 aliphatic carbocycles. The minimum absolute atomic E-state index is 0.449. The highest BCUT2D eigenvalue weighted by molar-refractivity contribution is 5.99. The zero-order valence-corrected chi connectivity index (χ0v) is 20.0. The van der Waals surface area contributed by atoms with Crippen molar-refractivity contribution in [1.82, 2.24) is 14.5 Å². The van der Waals surface area contributed by atoms with E-state index < -0.39 is 0 Å². The van der Waals surface area contributed by atoms with Crippen LogP contribution in [0.15, 0.2) is 52.7 Å². The number of ether oxygens (including phenoxy) is 1. The molecule has 0 atom stereocenters. The summed E-state index contributed by atoms with van der Waals surface area (Å²) in [6.07, 6.45) is 4.85. The fraction of sp³-hybridized carbons (Fsp3) is 0.360. The van der Waals surface area contributed by atoms with Crippen LogP contribution in [0.5, 0.6) is 0 Å². The van der Waals surface area contributed by atoms with Crippen molar-refractivity contribution >= 4 is 34.6 Å². The summed E-state index contributed by atoms with van der Waals surface area (Å²) >= 11 is 0. The van der Waals surface area contributed by atoms with E-state index >= 15 is 0 Å². The molecule has 1 saturated heterocycles. The van der Waals surface area contributed by atoms with E-state index in [9.17, 15) is 0 Å². The highest BCUT2D eigenvalue weighted by Gasteiger charge is 2.21. The van der Waals surface area contributed by atoms with E-state index in [-0.39, 0.29) is 0 Å². The fourth-order valence-electron chi connectivity index (χ4n) is 4.00. The standard InChI is InChI=1S/C25H32N8O/c1-4-33-23(17-27-10-6-9-26)29-24-21(32-11-13-34-14-12-32)16-22(28-25(24)33)31-30-19(3)20-8-5-7-18(2)15-20/h5-10,15-16H,4,11-14,17,26H2,1-3H3,(H,28,31)/b9-6-,27-10?,30-19+. The van der Waals surface area contributed by atoms with Crippen LogP contribution in [0.3, 0.4) is 0 Å². The van der Waals surface area contributed by atoms with E-state index in [1.165, 1.54) is 11.8 Å². The van der Waals surface area contributed by atoms with Crippen LogP contribution in [0.2, 0.25) is 0 Å². The first kappa shape index (κ1) is 23.4. The highest BCUT2D eigenvalue weighted by Crippen LogP contribution is 2.30. The number of hydrogen-bond donors (Lipinski definition) is 2. The molecule has 34 heavy (non-hydrogen) atoms. The predicted octanol–water partition coefficient (Wildman–Crippen LogP) is 3.48. The lowest BCUT2D eigenvalue weighted by Gasteiger charge is -2.29. The van der Waals surface area contributed by atoms with Gasteiger partial charge in [-0.05, 0) is 38.6 Å². The molecule has 1 fully saturated rings. The first-order valence-corrected chi connectivity index (χ1v) is 11.6. The summed E-state index contributed by atoms with van der Waals surface area (Å²) in [6, 6.07) is 10.3. The molecule has 1 aromatic carbocycles. The average molecular weight is 461 g/mol. The summed E-state index contributed by atoms with van der Waals surface area (Å²) in [5.41, 5.74) is 14.5. The Hall–Kier alpha value is -3.72. The molecule has 9 nitrogen and oxygen atoms in total. The van der Waals surface area contributed by atoms with E-state index in [4.69, 9.17) is 20.4 Å². The monoisotopic (exact) mass is 460 g/mol. The van der Waals surface area contributed by atoms with Gasteiger partial charge in [0.15, 0.2) is 11.5 Å². The third-order valence-electron chi connectivity index (χ3n) is 5.74. The number of benzene rings is 1. The Balaban J connectivity index is 1.73. The summed E-state index contributed by atoms with van der Waals surface area (Å²) in [7, 11) is 0. The Morgan fingerprint density at radius 3 is 2.79 bits per heavy atom. The minimum Gasteiger partial charge on any atom is -0.405 e. The molecule has 1 aliphatic rings. The van der Waals surface area contributed by atoms with Gasteiger partial charge >= 0.3 is 0 Å². The highest BCUT2D eigenvalue weighted by atomic mass is 16.5. The second-order valence-corrected chi connectivity index (χ2v) is 8.12. The van der Waals surface area contributed by atoms with Crippen molar-refractivity contribution in [3.05, 3.63) is 59.6 Å². The van der Waals surface area contributed by atoms with E-state index in [1.54, 1.807) is 12.3 Å². The molecule has 3 heterocycles. The van der Waals surface area contributed by atoms with Crippen LogP contribution in [-0.2, 0) is 17.8 Å². The summed E-state index contributed by atoms with van der Waals surface area (Å²) < 4.78 is 7.67. The lowest BCUT2D eigenvalue weighted by Crippen LogP contribution is -2.36. The van der Waals surface area contributed by atoms with E-state index in [2.05, 4.69) is 57.0 Å². The number of hydrazone groups is 1. The number of imidazole rings is 1. The van der Waals surface area contributed by atoms with E-state index in [0.717, 1.165) is 53.6 Å². The summed E-state index contributed by atoms with van der Waals surface area (Å²) in [5, 5.41) is 4.62. The number of aryl methyl sites for hydroxylation is 2. The van der Waals surface area contributed by atoms with Crippen molar-refractivity contribution in [1.29, 1.82) is 0 Å². The van der Waals surface area contributed by atoms with Crippen LogP contribution in [0.25, 0.3) is 11.2 Å². The number of nitrogens with zero attached hydrogens (tertiary/aromatic N) is 6. The van der Waals surface area contributed by atoms with Crippen molar-refractivity contribution in [2.75, 3.05) is 36.6 Å². The molecule has 9 heteroatoms. The Morgan fingerprint density at radius 1 is 1.24 bits per heavy atom. The second kappa shape index (κ2) is 10.9.